The zero-order chi connectivity index (χ0) is 14.4. The highest BCUT2D eigenvalue weighted by Gasteiger charge is 2.47. The van der Waals surface area contributed by atoms with E-state index in [0.29, 0.717) is 5.69 Å². The fourth-order valence-electron chi connectivity index (χ4n) is 2.72. The fourth-order valence-corrected chi connectivity index (χ4v) is 2.72. The van der Waals surface area contributed by atoms with Crippen molar-refractivity contribution in [3.05, 3.63) is 54.0 Å². The third-order valence-electron chi connectivity index (χ3n) is 4.08. The molecule has 1 aliphatic carbocycles. The van der Waals surface area contributed by atoms with Crippen LogP contribution in [0.2, 0.25) is 0 Å². The van der Waals surface area contributed by atoms with Crippen molar-refractivity contribution in [3.8, 4) is 0 Å². The molecule has 1 amide bonds. The maximum Gasteiger partial charge on any atom is 0.268 e. The molecule has 2 N–H and O–H groups in total. The molecule has 5 nitrogen and oxygen atoms in total. The van der Waals surface area contributed by atoms with Crippen molar-refractivity contribution in [2.75, 3.05) is 0 Å². The molecule has 0 saturated heterocycles. The topological polar surface area (TPSA) is 62.7 Å². The summed E-state index contributed by atoms with van der Waals surface area (Å²) in [5, 5.41) is 8.60. The molecule has 0 aliphatic heterocycles. The zero-order valence-corrected chi connectivity index (χ0v) is 11.8. The van der Waals surface area contributed by atoms with Gasteiger partial charge in [0.05, 0.1) is 11.2 Å². The van der Waals surface area contributed by atoms with E-state index < -0.39 is 0 Å². The smallest absolute Gasteiger partial charge is 0.268 e. The van der Waals surface area contributed by atoms with Crippen LogP contribution in [0.4, 0.5) is 0 Å². The largest absolute Gasteiger partial charge is 0.351 e. The Kier molecular flexibility index (Phi) is 2.45. The van der Waals surface area contributed by atoms with E-state index in [2.05, 4.69) is 15.4 Å². The minimum atomic E-state index is -0.282. The Morgan fingerprint density at radius 2 is 2.14 bits per heavy atom. The number of nitrogens with zero attached hydrogens (tertiary/aromatic N) is 2. The molecule has 106 valence electrons. The second-order valence-corrected chi connectivity index (χ2v) is 5.68. The maximum atomic E-state index is 12.5. The first-order chi connectivity index (χ1) is 10.2. The summed E-state index contributed by atoms with van der Waals surface area (Å²) in [6, 6.07) is 11.7. The van der Waals surface area contributed by atoms with Crippen LogP contribution in [0.1, 0.15) is 29.0 Å². The van der Waals surface area contributed by atoms with Crippen molar-refractivity contribution >= 4 is 16.8 Å². The predicted octanol–water partition coefficient (Wildman–Crippen LogP) is 2.32. The molecular formula is C16H16N4O. The maximum absolute atomic E-state index is 12.5. The summed E-state index contributed by atoms with van der Waals surface area (Å²) in [6.07, 6.45) is 3.79. The molecular weight excluding hydrogens is 264 g/mol. The Bertz CT molecular complexity index is 793. The molecule has 21 heavy (non-hydrogen) atoms. The van der Waals surface area contributed by atoms with Gasteiger partial charge in [-0.3, -0.25) is 9.48 Å². The van der Waals surface area contributed by atoms with Gasteiger partial charge in [-0.05, 0) is 31.0 Å². The van der Waals surface area contributed by atoms with Crippen LogP contribution in [-0.2, 0) is 12.6 Å². The van der Waals surface area contributed by atoms with Crippen LogP contribution in [0.25, 0.3) is 10.9 Å². The van der Waals surface area contributed by atoms with Gasteiger partial charge in [-0.2, -0.15) is 5.10 Å². The van der Waals surface area contributed by atoms with Gasteiger partial charge in [0.1, 0.15) is 5.69 Å². The van der Waals surface area contributed by atoms with Gasteiger partial charge < -0.3 is 10.3 Å². The number of para-hydroxylation sites is 1. The van der Waals surface area contributed by atoms with Gasteiger partial charge in [-0.1, -0.05) is 18.2 Å². The van der Waals surface area contributed by atoms with E-state index >= 15 is 0 Å². The van der Waals surface area contributed by atoms with E-state index in [-0.39, 0.29) is 11.4 Å². The van der Waals surface area contributed by atoms with Gasteiger partial charge in [-0.25, -0.2) is 0 Å². The number of hydrogen-bond donors (Lipinski definition) is 2. The molecule has 1 aliphatic rings. The van der Waals surface area contributed by atoms with Crippen molar-refractivity contribution in [2.45, 2.75) is 18.4 Å². The molecule has 1 fully saturated rings. The Balaban J connectivity index is 1.61. The highest BCUT2D eigenvalue weighted by molar-refractivity contribution is 5.98. The molecule has 0 radical (unpaired) electrons. The van der Waals surface area contributed by atoms with Crippen LogP contribution in [-0.4, -0.2) is 20.7 Å². The number of aromatic amines is 1. The van der Waals surface area contributed by atoms with Gasteiger partial charge in [0.2, 0.25) is 0 Å². The first-order valence-corrected chi connectivity index (χ1v) is 7.07. The number of carbonyl (C=O) groups excluding carboxylic acids is 1. The number of nitrogens with one attached hydrogen (secondary N) is 2. The highest BCUT2D eigenvalue weighted by atomic mass is 16.2. The minimum absolute atomic E-state index is 0.0747. The lowest BCUT2D eigenvalue weighted by Gasteiger charge is -2.14. The van der Waals surface area contributed by atoms with E-state index in [9.17, 15) is 4.79 Å². The number of amides is 1. The molecule has 5 heteroatoms. The van der Waals surface area contributed by atoms with Crippen LogP contribution in [0.15, 0.2) is 42.6 Å². The second kappa shape index (κ2) is 4.22. The first kappa shape index (κ1) is 12.2. The Hall–Kier alpha value is -2.56. The SMILES string of the molecule is Cn1ccc(C2(NC(=O)c3cc4ccccc4[nH]3)CC2)n1. The van der Waals surface area contributed by atoms with Gasteiger partial charge >= 0.3 is 0 Å². The van der Waals surface area contributed by atoms with Crippen molar-refractivity contribution in [1.29, 1.82) is 0 Å². The predicted molar refractivity (Wildman–Crippen MR) is 79.9 cm³/mol. The van der Waals surface area contributed by atoms with Crippen molar-refractivity contribution < 1.29 is 4.79 Å². The molecule has 2 aromatic heterocycles. The molecule has 2 heterocycles. The number of carbonyl (C=O) groups is 1. The number of aryl methyl sites for hydroxylation is 1. The summed E-state index contributed by atoms with van der Waals surface area (Å²) in [5.41, 5.74) is 2.23. The van der Waals surface area contributed by atoms with Crippen molar-refractivity contribution in [3.63, 3.8) is 0 Å². The van der Waals surface area contributed by atoms with Crippen LogP contribution in [0.5, 0.6) is 0 Å². The summed E-state index contributed by atoms with van der Waals surface area (Å²) in [6.45, 7) is 0. The molecule has 0 spiro atoms. The van der Waals surface area contributed by atoms with Crippen LogP contribution in [0, 0.1) is 0 Å². The van der Waals surface area contributed by atoms with Crippen LogP contribution < -0.4 is 5.32 Å². The summed E-state index contributed by atoms with van der Waals surface area (Å²) in [7, 11) is 1.89. The molecule has 0 bridgehead atoms. The Labute approximate surface area is 122 Å². The van der Waals surface area contributed by atoms with E-state index in [1.54, 1.807) is 4.68 Å². The highest BCUT2D eigenvalue weighted by Crippen LogP contribution is 2.44. The van der Waals surface area contributed by atoms with E-state index in [4.69, 9.17) is 0 Å². The third-order valence-corrected chi connectivity index (χ3v) is 4.08. The quantitative estimate of drug-likeness (QED) is 0.773. The van der Waals surface area contributed by atoms with Gasteiger partial charge in [0.15, 0.2) is 0 Å². The standard InChI is InChI=1S/C16H16N4O/c1-20-9-6-14(19-20)16(7-8-16)18-15(21)13-10-11-4-2-3-5-12(11)17-13/h2-6,9-10,17H,7-8H2,1H3,(H,18,21). The average molecular weight is 280 g/mol. The second-order valence-electron chi connectivity index (χ2n) is 5.68. The Morgan fingerprint density at radius 3 is 2.81 bits per heavy atom. The molecule has 0 unspecified atom stereocenters. The summed E-state index contributed by atoms with van der Waals surface area (Å²) in [4.78, 5) is 15.6. The average Bonchev–Trinajstić information content (AvgIpc) is 2.94. The van der Waals surface area contributed by atoms with Crippen LogP contribution >= 0.6 is 0 Å². The number of fused-ring (bicyclic) bond motifs is 1. The fraction of sp³-hybridized carbons (Fsp3) is 0.250. The number of H-pyrrole nitrogens is 1. The number of benzene rings is 1. The zero-order valence-electron chi connectivity index (χ0n) is 11.8. The van der Waals surface area contributed by atoms with Gasteiger partial charge in [0.25, 0.3) is 5.91 Å². The van der Waals surface area contributed by atoms with Crippen molar-refractivity contribution in [1.82, 2.24) is 20.1 Å². The van der Waals surface area contributed by atoms with E-state index in [1.165, 1.54) is 0 Å². The first-order valence-electron chi connectivity index (χ1n) is 7.07. The number of aromatic nitrogens is 3. The normalized spacial score (nSPS) is 16.0. The lowest BCUT2D eigenvalue weighted by molar-refractivity contribution is 0.0925. The lowest BCUT2D eigenvalue weighted by atomic mass is 10.1. The number of hydrogen-bond acceptors (Lipinski definition) is 2. The van der Waals surface area contributed by atoms with Crippen LogP contribution in [0.3, 0.4) is 0 Å². The molecule has 1 saturated carbocycles. The van der Waals surface area contributed by atoms with Gasteiger partial charge in [0, 0.05) is 24.1 Å². The van der Waals surface area contributed by atoms with E-state index in [0.717, 1.165) is 29.4 Å². The molecule has 0 atom stereocenters. The summed E-state index contributed by atoms with van der Waals surface area (Å²) >= 11 is 0. The molecule has 3 aromatic rings. The lowest BCUT2D eigenvalue weighted by Crippen LogP contribution is -2.35. The summed E-state index contributed by atoms with van der Waals surface area (Å²) in [5.74, 6) is -0.0747. The summed E-state index contributed by atoms with van der Waals surface area (Å²) < 4.78 is 1.77. The minimum Gasteiger partial charge on any atom is -0.351 e. The third kappa shape index (κ3) is 2.01. The number of rotatable bonds is 3. The van der Waals surface area contributed by atoms with Crippen molar-refractivity contribution in [2.24, 2.45) is 7.05 Å². The Morgan fingerprint density at radius 1 is 1.33 bits per heavy atom. The molecule has 4 rings (SSSR count). The monoisotopic (exact) mass is 280 g/mol. The van der Waals surface area contributed by atoms with Gasteiger partial charge in [-0.15, -0.1) is 0 Å². The molecule has 1 aromatic carbocycles. The van der Waals surface area contributed by atoms with E-state index in [1.807, 2.05) is 49.6 Å².